The topological polar surface area (TPSA) is 26.3 Å². The van der Waals surface area contributed by atoms with Crippen molar-refractivity contribution in [3.8, 4) is 0 Å². The lowest BCUT2D eigenvalue weighted by atomic mass is 10.1. The number of hydrogen-bond donors (Lipinski definition) is 0. The van der Waals surface area contributed by atoms with Gasteiger partial charge in [0.2, 0.25) is 0 Å². The molecule has 0 aliphatic heterocycles. The van der Waals surface area contributed by atoms with E-state index in [1.54, 1.807) is 0 Å². The van der Waals surface area contributed by atoms with Crippen molar-refractivity contribution < 1.29 is 9.53 Å². The number of esters is 1. The van der Waals surface area contributed by atoms with Crippen molar-refractivity contribution in [2.75, 3.05) is 0 Å². The van der Waals surface area contributed by atoms with E-state index < -0.39 is 0 Å². The van der Waals surface area contributed by atoms with E-state index in [4.69, 9.17) is 4.74 Å². The summed E-state index contributed by atoms with van der Waals surface area (Å²) in [5, 5.41) is 0. The molecule has 3 rings (SSSR count). The van der Waals surface area contributed by atoms with Gasteiger partial charge in [-0.15, -0.1) is 5.73 Å². The molecule has 0 saturated heterocycles. The van der Waals surface area contributed by atoms with Crippen LogP contribution in [0, 0.1) is 0 Å². The minimum absolute atomic E-state index is 0.185. The van der Waals surface area contributed by atoms with E-state index in [-0.39, 0.29) is 5.97 Å². The Morgan fingerprint density at radius 3 is 2.17 bits per heavy atom. The average molecular weight is 320 g/mol. The zero-order valence-electron chi connectivity index (χ0n) is 14.7. The van der Waals surface area contributed by atoms with E-state index in [2.05, 4.69) is 19.6 Å². The van der Waals surface area contributed by atoms with Gasteiger partial charge in [0.25, 0.3) is 0 Å². The molecule has 124 valence electrons. The van der Waals surface area contributed by atoms with Gasteiger partial charge in [-0.2, -0.15) is 0 Å². The van der Waals surface area contributed by atoms with E-state index in [9.17, 15) is 4.79 Å². The van der Waals surface area contributed by atoms with Gasteiger partial charge in [-0.1, -0.05) is 47.1 Å². The zero-order chi connectivity index (χ0) is 17.1. The number of benzene rings is 1. The number of carbonyl (C=O) groups is 1. The van der Waals surface area contributed by atoms with Gasteiger partial charge in [-0.05, 0) is 56.7 Å². The van der Waals surface area contributed by atoms with Crippen LogP contribution in [0.4, 0.5) is 0 Å². The lowest BCUT2D eigenvalue weighted by molar-refractivity contribution is -0.140. The van der Waals surface area contributed by atoms with Crippen LogP contribution in [0.15, 0.2) is 69.5 Å². The fourth-order valence-electron chi connectivity index (χ4n) is 3.34. The van der Waals surface area contributed by atoms with Crippen LogP contribution in [0.25, 0.3) is 0 Å². The number of rotatable bonds is 3. The summed E-state index contributed by atoms with van der Waals surface area (Å²) in [5.41, 5.74) is 12.0. The predicted molar refractivity (Wildman–Crippen MR) is 96.3 cm³/mol. The Hall–Kier alpha value is -2.31. The van der Waals surface area contributed by atoms with Crippen LogP contribution >= 0.6 is 0 Å². The lowest BCUT2D eigenvalue weighted by Crippen LogP contribution is -2.07. The highest BCUT2D eigenvalue weighted by Crippen LogP contribution is 2.34. The predicted octanol–water partition coefficient (Wildman–Crippen LogP) is 5.42. The third-order valence-corrected chi connectivity index (χ3v) is 4.88. The monoisotopic (exact) mass is 320 g/mol. The summed E-state index contributed by atoms with van der Waals surface area (Å²) >= 11 is 0. The molecule has 1 aromatic carbocycles. The molecule has 0 aromatic heterocycles. The molecule has 0 atom stereocenters. The summed E-state index contributed by atoms with van der Waals surface area (Å²) in [7, 11) is 0. The molecule has 2 heteroatoms. The standard InChI is InChI=1S/C22H24O2/c1-15-9-19(10-16(15)2)12-20-11-17(3)21(13-20)22(23)24-14-18-7-5-4-6-8-18/h4-8H,9-11,13-14H2,1-3H3. The van der Waals surface area contributed by atoms with E-state index in [0.717, 1.165) is 36.0 Å². The van der Waals surface area contributed by atoms with E-state index in [1.165, 1.54) is 22.3 Å². The second-order valence-electron chi connectivity index (χ2n) is 6.92. The van der Waals surface area contributed by atoms with Gasteiger partial charge in [-0.3, -0.25) is 0 Å². The molecule has 0 unspecified atom stereocenters. The lowest BCUT2D eigenvalue weighted by Gasteiger charge is -2.06. The van der Waals surface area contributed by atoms with Gasteiger partial charge in [0, 0.05) is 12.0 Å². The smallest absolute Gasteiger partial charge is 0.334 e. The van der Waals surface area contributed by atoms with Crippen molar-refractivity contribution in [3.63, 3.8) is 0 Å². The average Bonchev–Trinajstić information content (AvgIpc) is 3.08. The molecule has 2 aliphatic carbocycles. The van der Waals surface area contributed by atoms with Gasteiger partial charge >= 0.3 is 5.97 Å². The molecule has 0 amide bonds. The quantitative estimate of drug-likeness (QED) is 0.422. The summed E-state index contributed by atoms with van der Waals surface area (Å²) < 4.78 is 5.48. The summed E-state index contributed by atoms with van der Waals surface area (Å²) in [6, 6.07) is 9.81. The maximum absolute atomic E-state index is 12.4. The Morgan fingerprint density at radius 1 is 0.917 bits per heavy atom. The van der Waals surface area contributed by atoms with Crippen LogP contribution in [-0.4, -0.2) is 5.97 Å². The van der Waals surface area contributed by atoms with Crippen LogP contribution in [0.3, 0.4) is 0 Å². The molecule has 2 nitrogen and oxygen atoms in total. The van der Waals surface area contributed by atoms with Crippen LogP contribution in [0.5, 0.6) is 0 Å². The van der Waals surface area contributed by atoms with Crippen LogP contribution in [0.1, 0.15) is 52.0 Å². The van der Waals surface area contributed by atoms with Crippen molar-refractivity contribution in [2.45, 2.75) is 53.1 Å². The summed E-state index contributed by atoms with van der Waals surface area (Å²) in [4.78, 5) is 12.4. The van der Waals surface area contributed by atoms with E-state index in [0.29, 0.717) is 13.0 Å². The zero-order valence-corrected chi connectivity index (χ0v) is 14.7. The van der Waals surface area contributed by atoms with Crippen molar-refractivity contribution in [1.29, 1.82) is 0 Å². The second kappa shape index (κ2) is 7.07. The summed E-state index contributed by atoms with van der Waals surface area (Å²) in [5.74, 6) is -0.185. The fourth-order valence-corrected chi connectivity index (χ4v) is 3.34. The number of ether oxygens (including phenoxy) is 1. The third-order valence-electron chi connectivity index (χ3n) is 4.88. The van der Waals surface area contributed by atoms with Crippen molar-refractivity contribution >= 4 is 5.97 Å². The Balaban J connectivity index is 1.64. The third kappa shape index (κ3) is 3.77. The molecule has 24 heavy (non-hydrogen) atoms. The van der Waals surface area contributed by atoms with E-state index >= 15 is 0 Å². The minimum Gasteiger partial charge on any atom is -0.457 e. The van der Waals surface area contributed by atoms with Gasteiger partial charge < -0.3 is 4.74 Å². The summed E-state index contributed by atoms with van der Waals surface area (Å²) in [6.07, 6.45) is 3.59. The SMILES string of the molecule is CC1=C(C)CC(=C=C2CC(C)=C(C(=O)OCc3ccccc3)C2)C1. The number of hydrogen-bond acceptors (Lipinski definition) is 2. The maximum atomic E-state index is 12.4. The highest BCUT2D eigenvalue weighted by Gasteiger charge is 2.23. The van der Waals surface area contributed by atoms with Crippen LogP contribution < -0.4 is 0 Å². The maximum Gasteiger partial charge on any atom is 0.334 e. The molecule has 0 heterocycles. The Bertz CT molecular complexity index is 769. The molecular weight excluding hydrogens is 296 g/mol. The summed E-state index contributed by atoms with van der Waals surface area (Å²) in [6.45, 7) is 6.75. The second-order valence-corrected chi connectivity index (χ2v) is 6.92. The first-order valence-electron chi connectivity index (χ1n) is 8.54. The highest BCUT2D eigenvalue weighted by molar-refractivity contribution is 5.91. The Labute approximate surface area is 144 Å². The Kier molecular flexibility index (Phi) is 4.87. The van der Waals surface area contributed by atoms with Gasteiger partial charge in [0.15, 0.2) is 0 Å². The van der Waals surface area contributed by atoms with Gasteiger partial charge in [0.1, 0.15) is 6.61 Å². The first kappa shape index (κ1) is 16.5. The van der Waals surface area contributed by atoms with E-state index in [1.807, 2.05) is 37.3 Å². The number of allylic oxidation sites excluding steroid dienone is 4. The molecule has 0 fully saturated rings. The number of carbonyl (C=O) groups excluding carboxylic acids is 1. The molecule has 1 aromatic rings. The minimum atomic E-state index is -0.185. The van der Waals surface area contributed by atoms with Gasteiger partial charge in [-0.25, -0.2) is 4.79 Å². The molecule has 0 saturated carbocycles. The molecule has 0 spiro atoms. The normalized spacial score (nSPS) is 17.6. The first-order valence-corrected chi connectivity index (χ1v) is 8.54. The highest BCUT2D eigenvalue weighted by atomic mass is 16.5. The molecule has 0 bridgehead atoms. The van der Waals surface area contributed by atoms with Gasteiger partial charge in [0.05, 0.1) is 0 Å². The van der Waals surface area contributed by atoms with Crippen molar-refractivity contribution in [1.82, 2.24) is 0 Å². The fraction of sp³-hybridized carbons (Fsp3) is 0.364. The molecular formula is C22H24O2. The molecule has 0 radical (unpaired) electrons. The Morgan fingerprint density at radius 2 is 1.50 bits per heavy atom. The largest absolute Gasteiger partial charge is 0.457 e. The van der Waals surface area contributed by atoms with Crippen molar-refractivity contribution in [2.24, 2.45) is 0 Å². The molecule has 0 N–H and O–H groups in total. The molecule has 2 aliphatic rings. The van der Waals surface area contributed by atoms with Crippen LogP contribution in [0.2, 0.25) is 0 Å². The van der Waals surface area contributed by atoms with Crippen LogP contribution in [-0.2, 0) is 16.1 Å². The first-order chi connectivity index (χ1) is 11.5. The van der Waals surface area contributed by atoms with Crippen molar-refractivity contribution in [3.05, 3.63) is 75.1 Å².